The zero-order valence-corrected chi connectivity index (χ0v) is 22.9. The summed E-state index contributed by atoms with van der Waals surface area (Å²) in [6.07, 6.45) is 3.64. The highest BCUT2D eigenvalue weighted by molar-refractivity contribution is 9.10. The molecule has 202 valence electrons. The van der Waals surface area contributed by atoms with Crippen molar-refractivity contribution >= 4 is 51.0 Å². The number of methoxy groups -OCH3 is 2. The molecule has 0 N–H and O–H groups in total. The van der Waals surface area contributed by atoms with Gasteiger partial charge in [0, 0.05) is 23.9 Å². The highest BCUT2D eigenvalue weighted by Crippen LogP contribution is 2.54. The molecule has 2 fully saturated rings. The van der Waals surface area contributed by atoms with E-state index in [-0.39, 0.29) is 22.9 Å². The van der Waals surface area contributed by atoms with Crippen LogP contribution in [0.25, 0.3) is 6.08 Å². The Morgan fingerprint density at radius 3 is 2.35 bits per heavy atom. The number of ketones is 1. The van der Waals surface area contributed by atoms with Gasteiger partial charge in [0.15, 0.2) is 5.78 Å². The molecule has 0 aromatic heterocycles. The van der Waals surface area contributed by atoms with Crippen molar-refractivity contribution in [2.45, 2.75) is 12.1 Å². The Bertz CT molecular complexity index is 1640. The van der Waals surface area contributed by atoms with Crippen LogP contribution in [0.5, 0.6) is 11.5 Å². The van der Waals surface area contributed by atoms with E-state index in [1.54, 1.807) is 29.3 Å². The minimum atomic E-state index is -1.04. The number of halogens is 1. The molecule has 3 aromatic carbocycles. The number of imide groups is 1. The first-order valence-electron chi connectivity index (χ1n) is 12.4. The fourth-order valence-electron chi connectivity index (χ4n) is 6.05. The molecule has 0 radical (unpaired) electrons. The van der Waals surface area contributed by atoms with Gasteiger partial charge in [-0.15, -0.1) is 0 Å². The third-order valence-electron chi connectivity index (χ3n) is 7.78. The van der Waals surface area contributed by atoms with Crippen molar-refractivity contribution in [1.29, 1.82) is 0 Å². The summed E-state index contributed by atoms with van der Waals surface area (Å²) >= 11 is 3.42. The van der Waals surface area contributed by atoms with E-state index in [2.05, 4.69) is 15.9 Å². The molecular weight excluding hydrogens is 582 g/mol. The Hall–Kier alpha value is -4.51. The average molecular weight is 604 g/mol. The van der Waals surface area contributed by atoms with Gasteiger partial charge in [-0.25, -0.2) is 4.90 Å². The van der Waals surface area contributed by atoms with Crippen LogP contribution in [0.15, 0.2) is 71.3 Å². The van der Waals surface area contributed by atoms with Crippen LogP contribution in [0.2, 0.25) is 0 Å². The number of non-ortho nitro benzene ring substituents is 1. The first-order chi connectivity index (χ1) is 19.3. The zero-order valence-electron chi connectivity index (χ0n) is 21.3. The molecule has 2 amide bonds. The minimum Gasteiger partial charge on any atom is -0.496 e. The van der Waals surface area contributed by atoms with Gasteiger partial charge in [-0.3, -0.25) is 24.5 Å². The largest absolute Gasteiger partial charge is 0.496 e. The molecule has 0 saturated carbocycles. The van der Waals surface area contributed by atoms with Crippen molar-refractivity contribution in [3.8, 4) is 11.5 Å². The van der Waals surface area contributed by atoms with E-state index >= 15 is 0 Å². The Labute approximate surface area is 237 Å². The number of hydrogen-bond donors (Lipinski definition) is 0. The van der Waals surface area contributed by atoms with E-state index in [4.69, 9.17) is 9.47 Å². The topological polar surface area (TPSA) is 119 Å². The van der Waals surface area contributed by atoms with Gasteiger partial charge in [0.05, 0.1) is 41.5 Å². The lowest BCUT2D eigenvalue weighted by Gasteiger charge is -2.35. The number of carbonyl (C=O) groups is 3. The molecule has 2 saturated heterocycles. The van der Waals surface area contributed by atoms with Crippen LogP contribution in [0.1, 0.15) is 27.5 Å². The fraction of sp³-hybridized carbons (Fsp3) is 0.207. The molecule has 3 aromatic rings. The Kier molecular flexibility index (Phi) is 6.18. The van der Waals surface area contributed by atoms with Crippen LogP contribution in [-0.2, 0) is 9.59 Å². The van der Waals surface area contributed by atoms with E-state index in [1.807, 2.05) is 30.3 Å². The Morgan fingerprint density at radius 1 is 0.950 bits per heavy atom. The number of amides is 2. The first-order valence-corrected chi connectivity index (χ1v) is 13.2. The summed E-state index contributed by atoms with van der Waals surface area (Å²) in [6, 6.07) is 14.6. The van der Waals surface area contributed by atoms with Gasteiger partial charge in [0.1, 0.15) is 23.2 Å². The van der Waals surface area contributed by atoms with Gasteiger partial charge in [-0.2, -0.15) is 0 Å². The molecule has 3 heterocycles. The van der Waals surface area contributed by atoms with Crippen molar-refractivity contribution < 1.29 is 28.8 Å². The molecule has 4 atom stereocenters. The van der Waals surface area contributed by atoms with Crippen molar-refractivity contribution in [1.82, 2.24) is 4.90 Å². The maximum atomic E-state index is 14.2. The van der Waals surface area contributed by atoms with Gasteiger partial charge in [-0.1, -0.05) is 24.3 Å². The van der Waals surface area contributed by atoms with Gasteiger partial charge >= 0.3 is 0 Å². The predicted molar refractivity (Wildman–Crippen MR) is 148 cm³/mol. The lowest BCUT2D eigenvalue weighted by atomic mass is 9.83. The Balaban J connectivity index is 1.50. The second kappa shape index (κ2) is 9.60. The summed E-state index contributed by atoms with van der Waals surface area (Å²) < 4.78 is 11.2. The number of nitro benzene ring substituents is 1. The monoisotopic (exact) mass is 603 g/mol. The Morgan fingerprint density at radius 2 is 1.65 bits per heavy atom. The van der Waals surface area contributed by atoms with Crippen LogP contribution >= 0.6 is 15.9 Å². The predicted octanol–water partition coefficient (Wildman–Crippen LogP) is 4.77. The van der Waals surface area contributed by atoms with Crippen molar-refractivity contribution in [3.63, 3.8) is 0 Å². The molecule has 3 aliphatic heterocycles. The van der Waals surface area contributed by atoms with Gasteiger partial charge in [-0.05, 0) is 57.4 Å². The third-order valence-corrected chi connectivity index (χ3v) is 8.40. The molecule has 4 unspecified atom stereocenters. The van der Waals surface area contributed by atoms with Crippen LogP contribution < -0.4 is 14.4 Å². The van der Waals surface area contributed by atoms with Crippen LogP contribution in [0.4, 0.5) is 11.4 Å². The summed E-state index contributed by atoms with van der Waals surface area (Å²) in [7, 11) is 2.87. The number of nitro groups is 1. The zero-order chi connectivity index (χ0) is 28.3. The number of nitrogens with zero attached hydrogens (tertiary/aromatic N) is 3. The molecule has 3 aliphatic rings. The number of ether oxygens (including phenoxy) is 2. The third kappa shape index (κ3) is 3.72. The maximum absolute atomic E-state index is 14.2. The first kappa shape index (κ1) is 25.8. The normalized spacial score (nSPS) is 22.6. The van der Waals surface area contributed by atoms with Crippen LogP contribution in [0, 0.1) is 22.0 Å². The molecule has 0 spiro atoms. The summed E-state index contributed by atoms with van der Waals surface area (Å²) in [5.74, 6) is -2.75. The maximum Gasteiger partial charge on any atom is 0.271 e. The van der Waals surface area contributed by atoms with Crippen molar-refractivity contribution in [3.05, 3.63) is 98.1 Å². The number of hydrogen-bond acceptors (Lipinski definition) is 8. The number of carbonyl (C=O) groups excluding carboxylic acids is 3. The van der Waals surface area contributed by atoms with E-state index in [1.165, 1.54) is 26.4 Å². The van der Waals surface area contributed by atoms with E-state index < -0.39 is 40.7 Å². The summed E-state index contributed by atoms with van der Waals surface area (Å²) in [6.45, 7) is 0. The van der Waals surface area contributed by atoms with E-state index in [9.17, 15) is 24.5 Å². The smallest absolute Gasteiger partial charge is 0.271 e. The molecular formula is C29H22BrN3O7. The standard InChI is InChI=1S/C29H22BrN3O7/c1-39-21-9-7-16(13-19(21)30)27(34)26-24-23(25-18-6-4-3-5-15(18)11-12-31(25)26)28(35)32(29(24)36)20-14-17(33(37)38)8-10-22(20)40-2/h3-14,23-26H,1-2H3. The second-order valence-electron chi connectivity index (χ2n) is 9.67. The highest BCUT2D eigenvalue weighted by Gasteiger charge is 2.65. The fourth-order valence-corrected chi connectivity index (χ4v) is 6.59. The SMILES string of the molecule is COc1ccc(C(=O)C2C3C(=O)N(c4cc([N+](=O)[O-])ccc4OC)C(=O)C3C3c4ccccc4C=CN23)cc1Br. The van der Waals surface area contributed by atoms with E-state index in [0.717, 1.165) is 22.1 Å². The van der Waals surface area contributed by atoms with Crippen LogP contribution in [-0.4, -0.2) is 47.7 Å². The quantitative estimate of drug-likeness (QED) is 0.171. The van der Waals surface area contributed by atoms with Gasteiger partial charge < -0.3 is 14.4 Å². The summed E-state index contributed by atoms with van der Waals surface area (Å²) in [5, 5.41) is 11.5. The minimum absolute atomic E-state index is 0.0225. The molecule has 0 bridgehead atoms. The molecule has 6 rings (SSSR count). The average Bonchev–Trinajstić information content (AvgIpc) is 3.44. The van der Waals surface area contributed by atoms with E-state index in [0.29, 0.717) is 15.8 Å². The lowest BCUT2D eigenvalue weighted by Crippen LogP contribution is -2.44. The lowest BCUT2D eigenvalue weighted by molar-refractivity contribution is -0.384. The van der Waals surface area contributed by atoms with Gasteiger partial charge in [0.2, 0.25) is 11.8 Å². The number of benzene rings is 3. The molecule has 10 nitrogen and oxygen atoms in total. The number of anilines is 1. The molecule has 11 heteroatoms. The van der Waals surface area contributed by atoms with Crippen LogP contribution in [0.3, 0.4) is 0 Å². The molecule has 0 aliphatic carbocycles. The molecule has 40 heavy (non-hydrogen) atoms. The van der Waals surface area contributed by atoms with Crippen molar-refractivity contribution in [2.24, 2.45) is 11.8 Å². The van der Waals surface area contributed by atoms with Crippen molar-refractivity contribution in [2.75, 3.05) is 19.1 Å². The number of rotatable bonds is 6. The van der Waals surface area contributed by atoms with Gasteiger partial charge in [0.25, 0.3) is 5.69 Å². The summed E-state index contributed by atoms with van der Waals surface area (Å²) in [5.41, 5.74) is 1.73. The number of fused-ring (bicyclic) bond motifs is 5. The summed E-state index contributed by atoms with van der Waals surface area (Å²) in [4.78, 5) is 56.1. The second-order valence-corrected chi connectivity index (χ2v) is 10.5. The number of Topliss-reactive ketones (excluding diaryl/α,β-unsaturated/α-hetero) is 1. The highest BCUT2D eigenvalue weighted by atomic mass is 79.9.